The molecular formula is C16H18ClNO. The average molecular weight is 276 g/mol. The van der Waals surface area contributed by atoms with E-state index in [1.807, 2.05) is 67.5 Å². The lowest BCUT2D eigenvalue weighted by atomic mass is 9.96. The summed E-state index contributed by atoms with van der Waals surface area (Å²) in [7, 11) is 3.98. The molecule has 0 aromatic heterocycles. The fraction of sp³-hybridized carbons (Fsp3) is 0.250. The molecule has 2 aromatic rings. The molecule has 0 spiro atoms. The zero-order valence-electron chi connectivity index (χ0n) is 11.2. The Morgan fingerprint density at radius 1 is 1.05 bits per heavy atom. The van der Waals surface area contributed by atoms with Crippen molar-refractivity contribution in [1.82, 2.24) is 4.90 Å². The number of aliphatic hydroxyl groups excluding tert-OH is 1. The van der Waals surface area contributed by atoms with E-state index in [0.29, 0.717) is 11.6 Å². The lowest BCUT2D eigenvalue weighted by Gasteiger charge is -2.19. The van der Waals surface area contributed by atoms with Crippen LogP contribution in [0.4, 0.5) is 0 Å². The molecule has 0 saturated heterocycles. The van der Waals surface area contributed by atoms with Gasteiger partial charge < -0.3 is 10.0 Å². The van der Waals surface area contributed by atoms with Gasteiger partial charge in [-0.2, -0.15) is 0 Å². The third-order valence-corrected chi connectivity index (χ3v) is 3.39. The van der Waals surface area contributed by atoms with Crippen LogP contribution in [0.25, 0.3) is 0 Å². The number of hydrogen-bond acceptors (Lipinski definition) is 2. The smallest absolute Gasteiger partial charge is 0.104 e. The first-order chi connectivity index (χ1) is 9.09. The molecule has 1 N–H and O–H groups in total. The Kier molecular flexibility index (Phi) is 4.59. The van der Waals surface area contributed by atoms with E-state index in [-0.39, 0.29) is 0 Å². The molecule has 19 heavy (non-hydrogen) atoms. The molecule has 0 unspecified atom stereocenters. The second-order valence-corrected chi connectivity index (χ2v) is 5.27. The van der Waals surface area contributed by atoms with Crippen LogP contribution in [0.1, 0.15) is 22.8 Å². The van der Waals surface area contributed by atoms with Crippen LogP contribution in [0.5, 0.6) is 0 Å². The van der Waals surface area contributed by atoms with Gasteiger partial charge in [0.2, 0.25) is 0 Å². The number of benzene rings is 2. The molecule has 2 nitrogen and oxygen atoms in total. The number of hydrogen-bond donors (Lipinski definition) is 1. The van der Waals surface area contributed by atoms with Gasteiger partial charge in [-0.05, 0) is 36.9 Å². The molecule has 0 amide bonds. The van der Waals surface area contributed by atoms with Crippen LogP contribution in [0, 0.1) is 0 Å². The maximum absolute atomic E-state index is 10.5. The van der Waals surface area contributed by atoms with Gasteiger partial charge in [0.15, 0.2) is 0 Å². The molecule has 100 valence electrons. The number of nitrogens with zero attached hydrogens (tertiary/aromatic N) is 1. The van der Waals surface area contributed by atoms with Gasteiger partial charge in [0.1, 0.15) is 6.10 Å². The van der Waals surface area contributed by atoms with E-state index in [9.17, 15) is 5.11 Å². The maximum atomic E-state index is 10.5. The van der Waals surface area contributed by atoms with Crippen LogP contribution < -0.4 is 0 Å². The monoisotopic (exact) mass is 275 g/mol. The second kappa shape index (κ2) is 6.20. The van der Waals surface area contributed by atoms with Crippen molar-refractivity contribution in [2.45, 2.75) is 12.6 Å². The molecule has 0 aliphatic rings. The fourth-order valence-electron chi connectivity index (χ4n) is 2.13. The minimum atomic E-state index is -0.644. The van der Waals surface area contributed by atoms with Crippen molar-refractivity contribution in [3.8, 4) is 0 Å². The second-order valence-electron chi connectivity index (χ2n) is 4.86. The van der Waals surface area contributed by atoms with Crippen molar-refractivity contribution in [3.05, 3.63) is 70.2 Å². The van der Waals surface area contributed by atoms with E-state index in [0.717, 1.165) is 16.7 Å². The molecule has 0 fully saturated rings. The predicted octanol–water partition coefficient (Wildman–Crippen LogP) is 3.48. The van der Waals surface area contributed by atoms with Crippen LogP contribution >= 0.6 is 11.6 Å². The minimum absolute atomic E-state index is 0.644. The fourth-order valence-corrected chi connectivity index (χ4v) is 2.37. The zero-order chi connectivity index (χ0) is 13.8. The van der Waals surface area contributed by atoms with Crippen LogP contribution in [0.2, 0.25) is 5.02 Å². The van der Waals surface area contributed by atoms with Gasteiger partial charge in [0.25, 0.3) is 0 Å². The van der Waals surface area contributed by atoms with Gasteiger partial charge in [-0.15, -0.1) is 0 Å². The molecule has 0 saturated carbocycles. The van der Waals surface area contributed by atoms with Gasteiger partial charge >= 0.3 is 0 Å². The normalized spacial score (nSPS) is 12.7. The summed E-state index contributed by atoms with van der Waals surface area (Å²) in [5.41, 5.74) is 2.72. The highest BCUT2D eigenvalue weighted by molar-refractivity contribution is 6.31. The summed E-state index contributed by atoms with van der Waals surface area (Å²) < 4.78 is 0. The third kappa shape index (κ3) is 3.35. The SMILES string of the molecule is CN(C)Cc1c(Cl)cccc1[C@H](O)c1ccccc1. The van der Waals surface area contributed by atoms with Crippen LogP contribution in [0.3, 0.4) is 0 Å². The lowest BCUT2D eigenvalue weighted by Crippen LogP contribution is -2.14. The Bertz CT molecular complexity index is 540. The largest absolute Gasteiger partial charge is 0.384 e. The summed E-state index contributed by atoms with van der Waals surface area (Å²) in [6.45, 7) is 0.707. The third-order valence-electron chi connectivity index (χ3n) is 3.04. The Hall–Kier alpha value is -1.35. The van der Waals surface area contributed by atoms with Gasteiger partial charge in [-0.25, -0.2) is 0 Å². The van der Waals surface area contributed by atoms with Gasteiger partial charge in [0.05, 0.1) is 0 Å². The molecule has 0 bridgehead atoms. The van der Waals surface area contributed by atoms with Gasteiger partial charge in [-0.1, -0.05) is 54.1 Å². The highest BCUT2D eigenvalue weighted by Crippen LogP contribution is 2.29. The first kappa shape index (κ1) is 14.1. The van der Waals surface area contributed by atoms with Crippen molar-refractivity contribution in [2.24, 2.45) is 0 Å². The van der Waals surface area contributed by atoms with E-state index in [1.54, 1.807) is 0 Å². The summed E-state index contributed by atoms with van der Waals surface area (Å²) in [4.78, 5) is 2.04. The van der Waals surface area contributed by atoms with E-state index in [4.69, 9.17) is 11.6 Å². The minimum Gasteiger partial charge on any atom is -0.384 e. The van der Waals surface area contributed by atoms with Crippen molar-refractivity contribution in [3.63, 3.8) is 0 Å². The quantitative estimate of drug-likeness (QED) is 0.923. The molecule has 3 heteroatoms. The van der Waals surface area contributed by atoms with Crippen LogP contribution in [0.15, 0.2) is 48.5 Å². The Morgan fingerprint density at radius 2 is 1.74 bits per heavy atom. The Morgan fingerprint density at radius 3 is 2.37 bits per heavy atom. The predicted molar refractivity (Wildman–Crippen MR) is 79.3 cm³/mol. The molecule has 1 atom stereocenters. The Labute approximate surface area is 119 Å². The van der Waals surface area contributed by atoms with Crippen molar-refractivity contribution in [2.75, 3.05) is 14.1 Å². The van der Waals surface area contributed by atoms with Crippen LogP contribution in [-0.4, -0.2) is 24.1 Å². The maximum Gasteiger partial charge on any atom is 0.104 e. The Balaban J connectivity index is 2.41. The first-order valence-electron chi connectivity index (χ1n) is 6.24. The average Bonchev–Trinajstić information content (AvgIpc) is 2.41. The highest BCUT2D eigenvalue weighted by Gasteiger charge is 2.16. The van der Waals surface area contributed by atoms with Gasteiger partial charge in [-0.3, -0.25) is 0 Å². The number of rotatable bonds is 4. The molecule has 2 rings (SSSR count). The van der Waals surface area contributed by atoms with E-state index < -0.39 is 6.10 Å². The van der Waals surface area contributed by atoms with E-state index >= 15 is 0 Å². The number of halogens is 1. The first-order valence-corrected chi connectivity index (χ1v) is 6.62. The van der Waals surface area contributed by atoms with Crippen LogP contribution in [-0.2, 0) is 6.54 Å². The molecule has 0 aliphatic heterocycles. The summed E-state index contributed by atoms with van der Waals surface area (Å²) >= 11 is 6.27. The molecule has 0 aliphatic carbocycles. The molecular weight excluding hydrogens is 258 g/mol. The molecule has 2 aromatic carbocycles. The van der Waals surface area contributed by atoms with Crippen molar-refractivity contribution >= 4 is 11.6 Å². The molecule has 0 heterocycles. The topological polar surface area (TPSA) is 23.5 Å². The van der Waals surface area contributed by atoms with E-state index in [2.05, 4.69) is 0 Å². The zero-order valence-corrected chi connectivity index (χ0v) is 11.9. The highest BCUT2D eigenvalue weighted by atomic mass is 35.5. The summed E-state index contributed by atoms with van der Waals surface area (Å²) in [6.07, 6.45) is -0.644. The molecule has 0 radical (unpaired) electrons. The van der Waals surface area contributed by atoms with Crippen molar-refractivity contribution in [1.29, 1.82) is 0 Å². The number of aliphatic hydroxyl groups is 1. The standard InChI is InChI=1S/C16H18ClNO/c1-18(2)11-14-13(9-6-10-15(14)17)16(19)12-7-4-3-5-8-12/h3-10,16,19H,11H2,1-2H3/t16-/m1/s1. The van der Waals surface area contributed by atoms with Crippen molar-refractivity contribution < 1.29 is 5.11 Å². The summed E-state index contributed by atoms with van der Waals surface area (Å²) in [6, 6.07) is 15.3. The van der Waals surface area contributed by atoms with Gasteiger partial charge in [0, 0.05) is 11.6 Å². The van der Waals surface area contributed by atoms with E-state index in [1.165, 1.54) is 0 Å². The lowest BCUT2D eigenvalue weighted by molar-refractivity contribution is 0.217. The summed E-state index contributed by atoms with van der Waals surface area (Å²) in [5, 5.41) is 11.2. The summed E-state index contributed by atoms with van der Waals surface area (Å²) in [5.74, 6) is 0.